The van der Waals surface area contributed by atoms with Gasteiger partial charge in [-0.25, -0.2) is 0 Å². The van der Waals surface area contributed by atoms with Crippen LogP contribution in [0.2, 0.25) is 0 Å². The summed E-state index contributed by atoms with van der Waals surface area (Å²) in [4.78, 5) is 6.81. The summed E-state index contributed by atoms with van der Waals surface area (Å²) in [5.41, 5.74) is 0.906. The van der Waals surface area contributed by atoms with Gasteiger partial charge < -0.3 is 29.6 Å². The second-order valence-electron chi connectivity index (χ2n) is 7.28. The van der Waals surface area contributed by atoms with Gasteiger partial charge in [-0.15, -0.1) is 0 Å². The van der Waals surface area contributed by atoms with Gasteiger partial charge in [-0.2, -0.15) is 0 Å². The zero-order chi connectivity index (χ0) is 21.3. The fourth-order valence-electron chi connectivity index (χ4n) is 3.77. The van der Waals surface area contributed by atoms with Gasteiger partial charge in [-0.05, 0) is 55.8 Å². The molecule has 0 bridgehead atoms. The highest BCUT2D eigenvalue weighted by Crippen LogP contribution is 2.37. The molecule has 0 spiro atoms. The second kappa shape index (κ2) is 10.8. The van der Waals surface area contributed by atoms with Crippen LogP contribution in [0.5, 0.6) is 17.2 Å². The molecule has 1 saturated heterocycles. The number of guanidine groups is 1. The topological polar surface area (TPSA) is 91.5 Å². The number of aromatic hydroxyl groups is 1. The van der Waals surface area contributed by atoms with Crippen molar-refractivity contribution in [3.05, 3.63) is 41.9 Å². The van der Waals surface area contributed by atoms with Gasteiger partial charge in [0.05, 0.1) is 26.5 Å². The lowest BCUT2D eigenvalue weighted by Gasteiger charge is -2.33. The molecule has 0 radical (unpaired) electrons. The van der Waals surface area contributed by atoms with Crippen LogP contribution >= 0.6 is 0 Å². The fourth-order valence-corrected chi connectivity index (χ4v) is 3.77. The first kappa shape index (κ1) is 21.8. The maximum Gasteiger partial charge on any atom is 0.200 e. The van der Waals surface area contributed by atoms with Crippen molar-refractivity contribution in [1.29, 1.82) is 0 Å². The van der Waals surface area contributed by atoms with Gasteiger partial charge in [-0.3, -0.25) is 9.89 Å². The van der Waals surface area contributed by atoms with Gasteiger partial charge >= 0.3 is 0 Å². The molecule has 1 aromatic heterocycles. The summed E-state index contributed by atoms with van der Waals surface area (Å²) in [5, 5.41) is 16.8. The first-order valence-electron chi connectivity index (χ1n) is 10.3. The molecule has 1 atom stereocenters. The van der Waals surface area contributed by atoms with E-state index in [0.29, 0.717) is 30.5 Å². The fraction of sp³-hybridized carbons (Fsp3) is 0.500. The number of nitrogens with one attached hydrogen (secondary N) is 2. The van der Waals surface area contributed by atoms with E-state index in [0.717, 1.165) is 24.4 Å². The Balaban J connectivity index is 1.62. The number of hydrogen-bond donors (Lipinski definition) is 3. The van der Waals surface area contributed by atoms with E-state index in [-0.39, 0.29) is 11.8 Å². The number of phenols is 1. The number of phenolic OH excluding ortho intramolecular Hbond substituents is 1. The van der Waals surface area contributed by atoms with Crippen molar-refractivity contribution in [3.63, 3.8) is 0 Å². The molecule has 1 aliphatic rings. The average Bonchev–Trinajstić information content (AvgIpc) is 3.32. The highest BCUT2D eigenvalue weighted by Gasteiger charge is 2.24. The van der Waals surface area contributed by atoms with Gasteiger partial charge in [0.25, 0.3) is 0 Å². The van der Waals surface area contributed by atoms with Crippen molar-refractivity contribution in [1.82, 2.24) is 15.5 Å². The standard InChI is InChI=1S/C22H32N4O4/c1-23-22(24-14-16-12-19(28-2)21(27)20(13-16)29-3)25-15-17(18-8-7-11-30-18)26-9-5-4-6-10-26/h7-8,11-13,17,27H,4-6,9-10,14-15H2,1-3H3,(H2,23,24,25). The molecule has 0 amide bonds. The number of methoxy groups -OCH3 is 2. The lowest BCUT2D eigenvalue weighted by atomic mass is 10.1. The number of benzene rings is 1. The number of rotatable bonds is 8. The molecule has 3 rings (SSSR count). The van der Waals surface area contributed by atoms with Crippen LogP contribution in [0.1, 0.15) is 36.6 Å². The van der Waals surface area contributed by atoms with Gasteiger partial charge in [-0.1, -0.05) is 6.42 Å². The molecule has 1 aromatic carbocycles. The number of aliphatic imine (C=N–C) groups is 1. The normalized spacial score (nSPS) is 16.2. The van der Waals surface area contributed by atoms with Crippen molar-refractivity contribution >= 4 is 5.96 Å². The van der Waals surface area contributed by atoms with Crippen molar-refractivity contribution < 1.29 is 19.0 Å². The first-order valence-corrected chi connectivity index (χ1v) is 10.3. The van der Waals surface area contributed by atoms with E-state index in [4.69, 9.17) is 13.9 Å². The average molecular weight is 417 g/mol. The van der Waals surface area contributed by atoms with Gasteiger partial charge in [0.15, 0.2) is 17.5 Å². The molecule has 2 aromatic rings. The maximum atomic E-state index is 10.1. The Labute approximate surface area is 177 Å². The molecule has 8 nitrogen and oxygen atoms in total. The summed E-state index contributed by atoms with van der Waals surface area (Å²) in [7, 11) is 4.78. The van der Waals surface area contributed by atoms with Crippen LogP contribution in [0.3, 0.4) is 0 Å². The smallest absolute Gasteiger partial charge is 0.200 e. The number of nitrogens with zero attached hydrogens (tertiary/aromatic N) is 2. The third-order valence-corrected chi connectivity index (χ3v) is 5.39. The molecule has 1 aliphatic heterocycles. The Morgan fingerprint density at radius 3 is 2.43 bits per heavy atom. The lowest BCUT2D eigenvalue weighted by molar-refractivity contribution is 0.146. The van der Waals surface area contributed by atoms with E-state index in [1.54, 1.807) is 25.4 Å². The van der Waals surface area contributed by atoms with Gasteiger partial charge in [0.1, 0.15) is 5.76 Å². The monoisotopic (exact) mass is 416 g/mol. The van der Waals surface area contributed by atoms with Crippen molar-refractivity contribution in [2.45, 2.75) is 31.8 Å². The molecule has 0 aliphatic carbocycles. The largest absolute Gasteiger partial charge is 0.502 e. The Morgan fingerprint density at radius 1 is 1.17 bits per heavy atom. The third kappa shape index (κ3) is 5.38. The minimum atomic E-state index is -0.00548. The Morgan fingerprint density at radius 2 is 1.87 bits per heavy atom. The summed E-state index contributed by atoms with van der Waals surface area (Å²) in [6.07, 6.45) is 5.45. The second-order valence-corrected chi connectivity index (χ2v) is 7.28. The molecule has 2 heterocycles. The summed E-state index contributed by atoms with van der Waals surface area (Å²) in [6.45, 7) is 3.34. The van der Waals surface area contributed by atoms with Crippen LogP contribution in [-0.4, -0.2) is 56.9 Å². The van der Waals surface area contributed by atoms with Crippen LogP contribution in [0, 0.1) is 0 Å². The lowest BCUT2D eigenvalue weighted by Crippen LogP contribution is -2.44. The molecule has 3 N–H and O–H groups in total. The summed E-state index contributed by atoms with van der Waals surface area (Å²) in [6, 6.07) is 7.68. The molecule has 1 unspecified atom stereocenters. The Bertz CT molecular complexity index is 792. The van der Waals surface area contributed by atoms with E-state index in [2.05, 4.69) is 20.5 Å². The van der Waals surface area contributed by atoms with E-state index in [1.165, 1.54) is 33.5 Å². The molecule has 164 valence electrons. The number of furan rings is 1. The Hall–Kier alpha value is -2.87. The summed E-state index contributed by atoms with van der Waals surface area (Å²) >= 11 is 0. The van der Waals surface area contributed by atoms with E-state index in [9.17, 15) is 5.11 Å². The van der Waals surface area contributed by atoms with Crippen molar-refractivity contribution in [2.75, 3.05) is 40.9 Å². The van der Waals surface area contributed by atoms with E-state index < -0.39 is 0 Å². The van der Waals surface area contributed by atoms with Gasteiger partial charge in [0.2, 0.25) is 5.75 Å². The number of likely N-dealkylation sites (tertiary alicyclic amines) is 1. The number of hydrogen-bond acceptors (Lipinski definition) is 6. The molecular weight excluding hydrogens is 384 g/mol. The first-order chi connectivity index (χ1) is 14.7. The van der Waals surface area contributed by atoms with Crippen LogP contribution in [0.4, 0.5) is 0 Å². The van der Waals surface area contributed by atoms with Crippen molar-refractivity contribution in [3.8, 4) is 17.2 Å². The minimum Gasteiger partial charge on any atom is -0.502 e. The highest BCUT2D eigenvalue weighted by molar-refractivity contribution is 5.79. The SMILES string of the molecule is CN=C(NCc1cc(OC)c(O)c(OC)c1)NCC(c1ccco1)N1CCCCC1. The zero-order valence-electron chi connectivity index (χ0n) is 18.0. The zero-order valence-corrected chi connectivity index (χ0v) is 18.0. The molecule has 0 saturated carbocycles. The summed E-state index contributed by atoms with van der Waals surface area (Å²) in [5.74, 6) is 2.39. The Kier molecular flexibility index (Phi) is 7.84. The number of ether oxygens (including phenoxy) is 2. The number of piperidine rings is 1. The molecule has 8 heteroatoms. The van der Waals surface area contributed by atoms with Gasteiger partial charge in [0, 0.05) is 20.1 Å². The third-order valence-electron chi connectivity index (χ3n) is 5.39. The highest BCUT2D eigenvalue weighted by atomic mass is 16.5. The molecule has 30 heavy (non-hydrogen) atoms. The predicted octanol–water partition coefficient (Wildman–Crippen LogP) is 2.89. The van der Waals surface area contributed by atoms with Crippen LogP contribution in [0.25, 0.3) is 0 Å². The van der Waals surface area contributed by atoms with Crippen LogP contribution in [0.15, 0.2) is 39.9 Å². The van der Waals surface area contributed by atoms with Crippen LogP contribution in [-0.2, 0) is 6.54 Å². The van der Waals surface area contributed by atoms with Crippen LogP contribution < -0.4 is 20.1 Å². The predicted molar refractivity (Wildman–Crippen MR) is 116 cm³/mol. The molecule has 1 fully saturated rings. The minimum absolute atomic E-state index is 0.00548. The van der Waals surface area contributed by atoms with E-state index in [1.807, 2.05) is 12.1 Å². The van der Waals surface area contributed by atoms with Crippen molar-refractivity contribution in [2.24, 2.45) is 4.99 Å². The summed E-state index contributed by atoms with van der Waals surface area (Å²) < 4.78 is 16.2. The maximum absolute atomic E-state index is 10.1. The van der Waals surface area contributed by atoms with E-state index >= 15 is 0 Å². The quantitative estimate of drug-likeness (QED) is 0.450. The molecular formula is C22H32N4O4.